The van der Waals surface area contributed by atoms with E-state index in [2.05, 4.69) is 6.92 Å². The molecule has 0 aromatic carbocycles. The average Bonchev–Trinajstić information content (AvgIpc) is 2.47. The summed E-state index contributed by atoms with van der Waals surface area (Å²) in [6.45, 7) is 4.34. The van der Waals surface area contributed by atoms with Gasteiger partial charge in [0.15, 0.2) is 9.84 Å². The molecule has 0 bridgehead atoms. The minimum Gasteiger partial charge on any atom is -0.468 e. The first-order valence-electron chi connectivity index (χ1n) is 7.10. The number of thioether (sulfide) groups is 1. The quantitative estimate of drug-likeness (QED) is 0.662. The summed E-state index contributed by atoms with van der Waals surface area (Å²) in [4.78, 5) is 13.9. The summed E-state index contributed by atoms with van der Waals surface area (Å²) in [7, 11) is -1.82. The summed E-state index contributed by atoms with van der Waals surface area (Å²) in [6, 6.07) is -0.438. The number of sulfone groups is 1. The van der Waals surface area contributed by atoms with E-state index in [0.717, 1.165) is 18.6 Å². The van der Waals surface area contributed by atoms with Gasteiger partial charge in [0.25, 0.3) is 0 Å². The fourth-order valence-corrected chi connectivity index (χ4v) is 5.47. The van der Waals surface area contributed by atoms with Crippen molar-refractivity contribution in [3.8, 4) is 0 Å². The van der Waals surface area contributed by atoms with E-state index in [1.54, 1.807) is 18.7 Å². The van der Waals surface area contributed by atoms with Gasteiger partial charge in [-0.2, -0.15) is 11.8 Å². The second-order valence-electron chi connectivity index (χ2n) is 4.90. The molecule has 0 spiro atoms. The molecule has 0 amide bonds. The van der Waals surface area contributed by atoms with Crippen molar-refractivity contribution in [3.05, 3.63) is 0 Å². The Balaban J connectivity index is 2.97. The van der Waals surface area contributed by atoms with E-state index in [4.69, 9.17) is 4.74 Å². The van der Waals surface area contributed by atoms with Crippen molar-refractivity contribution in [3.63, 3.8) is 0 Å². The van der Waals surface area contributed by atoms with E-state index in [1.165, 1.54) is 7.11 Å². The minimum atomic E-state index is -3.18. The number of hydrogen-bond acceptors (Lipinski definition) is 6. The topological polar surface area (TPSA) is 63.7 Å². The van der Waals surface area contributed by atoms with Gasteiger partial charge in [-0.3, -0.25) is 9.69 Å². The lowest BCUT2D eigenvalue weighted by molar-refractivity contribution is -0.147. The Bertz CT molecular complexity index is 411. The van der Waals surface area contributed by atoms with Crippen molar-refractivity contribution in [1.29, 1.82) is 0 Å². The highest BCUT2D eigenvalue weighted by Gasteiger charge is 2.39. The first kappa shape index (κ1) is 17.8. The number of rotatable bonds is 7. The van der Waals surface area contributed by atoms with Crippen LogP contribution < -0.4 is 0 Å². The van der Waals surface area contributed by atoms with Crippen LogP contribution in [0.15, 0.2) is 0 Å². The van der Waals surface area contributed by atoms with Crippen molar-refractivity contribution >= 4 is 27.6 Å². The number of hydrogen-bond donors (Lipinski definition) is 0. The molecule has 1 aliphatic rings. The molecule has 1 heterocycles. The summed E-state index contributed by atoms with van der Waals surface area (Å²) < 4.78 is 29.4. The first-order valence-corrected chi connectivity index (χ1v) is 9.97. The molecule has 0 radical (unpaired) electrons. The van der Waals surface area contributed by atoms with Crippen LogP contribution in [0.4, 0.5) is 0 Å². The normalized spacial score (nSPS) is 22.4. The summed E-state index contributed by atoms with van der Waals surface area (Å²) in [6.07, 6.45) is 2.52. The molecule has 5 nitrogen and oxygen atoms in total. The molecule has 2 atom stereocenters. The lowest BCUT2D eigenvalue weighted by Gasteiger charge is -2.38. The fraction of sp³-hybridized carbons (Fsp3) is 0.923. The highest BCUT2D eigenvalue weighted by Crippen LogP contribution is 2.26. The number of methoxy groups -OCH3 is 1. The van der Waals surface area contributed by atoms with Gasteiger partial charge < -0.3 is 4.74 Å². The van der Waals surface area contributed by atoms with Crippen molar-refractivity contribution in [2.75, 3.05) is 30.9 Å². The number of unbranched alkanes of at least 4 members (excludes halogenated alkanes) is 1. The van der Waals surface area contributed by atoms with Gasteiger partial charge in [-0.05, 0) is 6.42 Å². The van der Waals surface area contributed by atoms with Crippen LogP contribution in [0.2, 0.25) is 0 Å². The lowest BCUT2D eigenvalue weighted by Crippen LogP contribution is -2.55. The van der Waals surface area contributed by atoms with Gasteiger partial charge in [0, 0.05) is 23.8 Å². The molecule has 2 unspecified atom stereocenters. The van der Waals surface area contributed by atoms with Crippen LogP contribution in [0.1, 0.15) is 33.1 Å². The zero-order valence-electron chi connectivity index (χ0n) is 12.5. The largest absolute Gasteiger partial charge is 0.468 e. The van der Waals surface area contributed by atoms with Crippen LogP contribution >= 0.6 is 11.8 Å². The van der Waals surface area contributed by atoms with Crippen molar-refractivity contribution in [2.45, 2.75) is 44.5 Å². The molecule has 20 heavy (non-hydrogen) atoms. The average molecular weight is 323 g/mol. The zero-order valence-corrected chi connectivity index (χ0v) is 14.1. The van der Waals surface area contributed by atoms with Gasteiger partial charge in [0.2, 0.25) is 0 Å². The minimum absolute atomic E-state index is 0.108. The van der Waals surface area contributed by atoms with Crippen molar-refractivity contribution in [1.82, 2.24) is 4.90 Å². The van der Waals surface area contributed by atoms with E-state index in [9.17, 15) is 13.2 Å². The second-order valence-corrected chi connectivity index (χ2v) is 8.50. The maximum atomic E-state index is 12.2. The molecule has 0 aromatic rings. The Hall–Kier alpha value is -0.270. The van der Waals surface area contributed by atoms with Crippen molar-refractivity contribution in [2.24, 2.45) is 0 Å². The van der Waals surface area contributed by atoms with Crippen LogP contribution in [0.5, 0.6) is 0 Å². The van der Waals surface area contributed by atoms with Crippen LogP contribution in [-0.2, 0) is 19.4 Å². The molecule has 1 fully saturated rings. The number of esters is 1. The summed E-state index contributed by atoms with van der Waals surface area (Å²) in [5, 5.41) is -0.563. The van der Waals surface area contributed by atoms with Gasteiger partial charge in [0.1, 0.15) is 11.4 Å². The van der Waals surface area contributed by atoms with Gasteiger partial charge in [-0.25, -0.2) is 8.42 Å². The third-order valence-corrected chi connectivity index (χ3v) is 6.95. The molecule has 1 rings (SSSR count). The Morgan fingerprint density at radius 3 is 2.70 bits per heavy atom. The van der Waals surface area contributed by atoms with E-state index in [-0.39, 0.29) is 11.7 Å². The third-order valence-electron chi connectivity index (χ3n) is 3.65. The fourth-order valence-electron chi connectivity index (χ4n) is 2.41. The summed E-state index contributed by atoms with van der Waals surface area (Å²) in [5.74, 6) is 1.18. The summed E-state index contributed by atoms with van der Waals surface area (Å²) >= 11 is 1.64. The highest BCUT2D eigenvalue weighted by atomic mass is 32.2. The Kier molecular flexibility index (Phi) is 7.33. The van der Waals surface area contributed by atoms with Crippen LogP contribution in [0, 0.1) is 0 Å². The Labute approximate surface area is 126 Å². The second kappa shape index (κ2) is 8.24. The molecule has 1 saturated heterocycles. The summed E-state index contributed by atoms with van der Waals surface area (Å²) in [5.41, 5.74) is 0. The molecular formula is C13H25NO4S2. The smallest absolute Gasteiger partial charge is 0.323 e. The van der Waals surface area contributed by atoms with Gasteiger partial charge in [-0.1, -0.05) is 26.7 Å². The number of nitrogens with zero attached hydrogens (tertiary/aromatic N) is 1. The van der Waals surface area contributed by atoms with Crippen LogP contribution in [-0.4, -0.2) is 61.6 Å². The van der Waals surface area contributed by atoms with E-state index < -0.39 is 21.3 Å². The molecule has 1 aliphatic heterocycles. The van der Waals surface area contributed by atoms with E-state index >= 15 is 0 Å². The predicted molar refractivity (Wildman–Crippen MR) is 82.6 cm³/mol. The van der Waals surface area contributed by atoms with Crippen LogP contribution in [0.3, 0.4) is 0 Å². The molecule has 7 heteroatoms. The Morgan fingerprint density at radius 2 is 2.15 bits per heavy atom. The SMILES string of the molecule is CCCCC(C(=O)OC)N1CCSCC1S(=O)(=O)CC. The standard InChI is InChI=1S/C13H25NO4S2/c1-4-6-7-11(13(15)18-3)14-8-9-19-10-12(14)20(16,17)5-2/h11-12H,4-10H2,1-3H3. The maximum Gasteiger partial charge on any atom is 0.323 e. The molecule has 0 aliphatic carbocycles. The van der Waals surface area contributed by atoms with Gasteiger partial charge in [0.05, 0.1) is 7.11 Å². The lowest BCUT2D eigenvalue weighted by atomic mass is 10.1. The number of ether oxygens (including phenoxy) is 1. The third kappa shape index (κ3) is 4.36. The Morgan fingerprint density at radius 1 is 1.45 bits per heavy atom. The number of carbonyl (C=O) groups is 1. The highest BCUT2D eigenvalue weighted by molar-refractivity contribution is 8.01. The molecular weight excluding hydrogens is 298 g/mol. The maximum absolute atomic E-state index is 12.2. The van der Waals surface area contributed by atoms with Gasteiger partial charge in [-0.15, -0.1) is 0 Å². The molecule has 118 valence electrons. The molecule has 0 saturated carbocycles. The monoisotopic (exact) mass is 323 g/mol. The van der Waals surface area contributed by atoms with E-state index in [0.29, 0.717) is 18.7 Å². The van der Waals surface area contributed by atoms with Crippen LogP contribution in [0.25, 0.3) is 0 Å². The van der Waals surface area contributed by atoms with E-state index in [1.807, 2.05) is 4.90 Å². The van der Waals surface area contributed by atoms with Crippen molar-refractivity contribution < 1.29 is 17.9 Å². The molecule has 0 N–H and O–H groups in total. The predicted octanol–water partition coefficient (Wildman–Crippen LogP) is 1.53. The number of carbonyl (C=O) groups excluding carboxylic acids is 1. The first-order chi connectivity index (χ1) is 9.47. The van der Waals surface area contributed by atoms with Gasteiger partial charge >= 0.3 is 5.97 Å². The zero-order chi connectivity index (χ0) is 15.2. The molecule has 0 aromatic heterocycles.